The van der Waals surface area contributed by atoms with Crippen LogP contribution in [-0.2, 0) is 9.59 Å². The zero-order valence-electron chi connectivity index (χ0n) is 13.9. The summed E-state index contributed by atoms with van der Waals surface area (Å²) in [7, 11) is 1.54. The molecule has 0 spiro atoms. The predicted octanol–water partition coefficient (Wildman–Crippen LogP) is 3.08. The molecule has 2 N–H and O–H groups in total. The smallest absolute Gasteiger partial charge is 0.240 e. The molecule has 26 heavy (non-hydrogen) atoms. The van der Waals surface area contributed by atoms with Crippen molar-refractivity contribution in [2.24, 2.45) is 4.99 Å². The molecule has 8 heteroatoms. The summed E-state index contributed by atoms with van der Waals surface area (Å²) < 4.78 is 18.1. The number of hydrogen-bond acceptors (Lipinski definition) is 5. The predicted molar refractivity (Wildman–Crippen MR) is 99.3 cm³/mol. The number of halogens is 1. The number of amidine groups is 1. The molecule has 0 aliphatic carbocycles. The maximum atomic E-state index is 12.9. The number of hydrogen-bond donors (Lipinski definition) is 2. The molecule has 1 saturated heterocycles. The van der Waals surface area contributed by atoms with E-state index < -0.39 is 5.25 Å². The molecule has 6 nitrogen and oxygen atoms in total. The van der Waals surface area contributed by atoms with Crippen LogP contribution in [0.15, 0.2) is 53.5 Å². The van der Waals surface area contributed by atoms with Gasteiger partial charge < -0.3 is 15.4 Å². The number of nitrogens with one attached hydrogen (secondary N) is 2. The van der Waals surface area contributed by atoms with Gasteiger partial charge in [-0.15, -0.1) is 0 Å². The summed E-state index contributed by atoms with van der Waals surface area (Å²) in [4.78, 5) is 28.6. The Balaban J connectivity index is 1.63. The molecular formula is C18H16FN3O3S. The van der Waals surface area contributed by atoms with Gasteiger partial charge in [0.2, 0.25) is 11.8 Å². The zero-order valence-corrected chi connectivity index (χ0v) is 14.7. The highest BCUT2D eigenvalue weighted by atomic mass is 32.2. The first kappa shape index (κ1) is 17.9. The van der Waals surface area contributed by atoms with Gasteiger partial charge >= 0.3 is 0 Å². The highest BCUT2D eigenvalue weighted by molar-refractivity contribution is 8.15. The van der Waals surface area contributed by atoms with Crippen molar-refractivity contribution in [2.45, 2.75) is 11.7 Å². The van der Waals surface area contributed by atoms with E-state index in [1.54, 1.807) is 19.2 Å². The number of aliphatic imine (C=N–C) groups is 1. The average Bonchev–Trinajstić information content (AvgIpc) is 2.96. The molecule has 0 saturated carbocycles. The van der Waals surface area contributed by atoms with Crippen LogP contribution in [0.2, 0.25) is 0 Å². The van der Waals surface area contributed by atoms with Crippen molar-refractivity contribution in [2.75, 3.05) is 12.4 Å². The number of carbonyl (C=O) groups is 2. The summed E-state index contributed by atoms with van der Waals surface area (Å²) in [5.74, 6) is -0.404. The Labute approximate surface area is 153 Å². The van der Waals surface area contributed by atoms with Crippen LogP contribution in [0.1, 0.15) is 6.42 Å². The van der Waals surface area contributed by atoms with Crippen molar-refractivity contribution in [3.05, 3.63) is 54.3 Å². The molecule has 0 radical (unpaired) electrons. The average molecular weight is 373 g/mol. The van der Waals surface area contributed by atoms with Crippen LogP contribution in [0, 0.1) is 5.82 Å². The molecule has 1 fully saturated rings. The van der Waals surface area contributed by atoms with Crippen LogP contribution in [0.3, 0.4) is 0 Å². The second kappa shape index (κ2) is 8.01. The normalized spacial score (nSPS) is 17.8. The van der Waals surface area contributed by atoms with E-state index in [2.05, 4.69) is 15.6 Å². The minimum atomic E-state index is -0.580. The molecule has 2 aromatic rings. The fraction of sp³-hybridized carbons (Fsp3) is 0.167. The van der Waals surface area contributed by atoms with Crippen molar-refractivity contribution in [1.82, 2.24) is 5.32 Å². The maximum Gasteiger partial charge on any atom is 0.240 e. The van der Waals surface area contributed by atoms with Gasteiger partial charge in [0.05, 0.1) is 7.11 Å². The van der Waals surface area contributed by atoms with Gasteiger partial charge in [0, 0.05) is 12.1 Å². The number of ether oxygens (including phenoxy) is 1. The van der Waals surface area contributed by atoms with Crippen molar-refractivity contribution in [3.8, 4) is 5.75 Å². The molecule has 1 heterocycles. The molecule has 1 atom stereocenters. The first-order valence-electron chi connectivity index (χ1n) is 7.80. The van der Waals surface area contributed by atoms with E-state index in [-0.39, 0.29) is 24.1 Å². The largest absolute Gasteiger partial charge is 0.494 e. The van der Waals surface area contributed by atoms with Crippen LogP contribution in [0.25, 0.3) is 0 Å². The lowest BCUT2D eigenvalue weighted by molar-refractivity contribution is -0.122. The van der Waals surface area contributed by atoms with E-state index in [4.69, 9.17) is 4.74 Å². The van der Waals surface area contributed by atoms with Crippen LogP contribution < -0.4 is 15.4 Å². The van der Waals surface area contributed by atoms with E-state index in [1.807, 2.05) is 12.1 Å². The van der Waals surface area contributed by atoms with E-state index in [9.17, 15) is 14.0 Å². The van der Waals surface area contributed by atoms with Gasteiger partial charge in [-0.1, -0.05) is 23.9 Å². The first-order valence-corrected chi connectivity index (χ1v) is 8.68. The summed E-state index contributed by atoms with van der Waals surface area (Å²) in [6.07, 6.45) is -0.0151. The van der Waals surface area contributed by atoms with Crippen LogP contribution in [0.4, 0.5) is 15.8 Å². The lowest BCUT2D eigenvalue weighted by atomic mass is 10.2. The number of methoxy groups -OCH3 is 1. The summed E-state index contributed by atoms with van der Waals surface area (Å²) in [6.45, 7) is 0. The lowest BCUT2D eigenvalue weighted by Crippen LogP contribution is -2.28. The van der Waals surface area contributed by atoms with Gasteiger partial charge in [0.1, 0.15) is 22.5 Å². The van der Waals surface area contributed by atoms with E-state index in [0.29, 0.717) is 22.3 Å². The molecule has 1 aliphatic heterocycles. The standard InChI is InChI=1S/C18H16FN3O3S/c1-25-14-5-3-2-4-13(14)21-18-22-17(24)15(26-18)10-16(23)20-12-8-6-11(19)7-9-12/h2-9,15H,10H2,1H3,(H,20,23)(H,21,22,24)/t15-/m0/s1. The third-order valence-corrected chi connectivity index (χ3v) is 4.66. The Kier molecular flexibility index (Phi) is 5.52. The molecule has 3 rings (SSSR count). The number of para-hydroxylation sites is 2. The molecule has 1 aliphatic rings. The molecule has 2 amide bonds. The zero-order chi connectivity index (χ0) is 18.5. The Morgan fingerprint density at radius 3 is 2.73 bits per heavy atom. The van der Waals surface area contributed by atoms with Gasteiger partial charge in [0.15, 0.2) is 5.17 Å². The number of nitrogens with zero attached hydrogens (tertiary/aromatic N) is 1. The number of carbonyl (C=O) groups excluding carboxylic acids is 2. The SMILES string of the molecule is COc1ccccc1N=C1NC(=O)[C@H](CC(=O)Nc2ccc(F)cc2)S1. The third kappa shape index (κ3) is 4.40. The fourth-order valence-corrected chi connectivity index (χ4v) is 3.32. The van der Waals surface area contributed by atoms with Gasteiger partial charge in [-0.25, -0.2) is 9.38 Å². The van der Waals surface area contributed by atoms with Gasteiger partial charge in [-0.05, 0) is 36.4 Å². The molecule has 0 aromatic heterocycles. The summed E-state index contributed by atoms with van der Waals surface area (Å²) in [5.41, 5.74) is 1.07. The highest BCUT2D eigenvalue weighted by Gasteiger charge is 2.32. The van der Waals surface area contributed by atoms with Crippen LogP contribution >= 0.6 is 11.8 Å². The van der Waals surface area contributed by atoms with Crippen molar-refractivity contribution >= 4 is 40.1 Å². The Morgan fingerprint density at radius 2 is 2.00 bits per heavy atom. The van der Waals surface area contributed by atoms with Gasteiger partial charge in [-0.2, -0.15) is 0 Å². The third-order valence-electron chi connectivity index (χ3n) is 3.58. The van der Waals surface area contributed by atoms with E-state index in [1.165, 1.54) is 36.0 Å². The van der Waals surface area contributed by atoms with E-state index in [0.717, 1.165) is 0 Å². The fourth-order valence-electron chi connectivity index (χ4n) is 2.34. The maximum absolute atomic E-state index is 12.9. The van der Waals surface area contributed by atoms with Crippen molar-refractivity contribution in [3.63, 3.8) is 0 Å². The Hall–Kier alpha value is -2.87. The second-order valence-electron chi connectivity index (χ2n) is 5.44. The number of anilines is 1. The Bertz CT molecular complexity index is 855. The van der Waals surface area contributed by atoms with Crippen LogP contribution in [0.5, 0.6) is 5.75 Å². The lowest BCUT2D eigenvalue weighted by Gasteiger charge is -2.07. The minimum absolute atomic E-state index is 0.0151. The minimum Gasteiger partial charge on any atom is -0.494 e. The van der Waals surface area contributed by atoms with Crippen molar-refractivity contribution < 1.29 is 18.7 Å². The van der Waals surface area contributed by atoms with Crippen molar-refractivity contribution in [1.29, 1.82) is 0 Å². The number of rotatable bonds is 5. The summed E-state index contributed by atoms with van der Waals surface area (Å²) in [6, 6.07) is 12.6. The summed E-state index contributed by atoms with van der Waals surface area (Å²) in [5, 5.41) is 5.15. The first-order chi connectivity index (χ1) is 12.5. The van der Waals surface area contributed by atoms with E-state index >= 15 is 0 Å². The molecule has 134 valence electrons. The van der Waals surface area contributed by atoms with Gasteiger partial charge in [-0.3, -0.25) is 9.59 Å². The molecule has 0 unspecified atom stereocenters. The highest BCUT2D eigenvalue weighted by Crippen LogP contribution is 2.30. The monoisotopic (exact) mass is 373 g/mol. The number of thioether (sulfide) groups is 1. The topological polar surface area (TPSA) is 79.8 Å². The summed E-state index contributed by atoms with van der Waals surface area (Å²) >= 11 is 1.19. The van der Waals surface area contributed by atoms with Gasteiger partial charge in [0.25, 0.3) is 0 Å². The molecule has 2 aromatic carbocycles. The molecular weight excluding hydrogens is 357 g/mol. The number of benzene rings is 2. The number of amides is 2. The molecule has 0 bridgehead atoms. The quantitative estimate of drug-likeness (QED) is 0.844. The van der Waals surface area contributed by atoms with Crippen LogP contribution in [-0.4, -0.2) is 29.3 Å². The Morgan fingerprint density at radius 1 is 1.27 bits per heavy atom. The second-order valence-corrected chi connectivity index (χ2v) is 6.64.